The van der Waals surface area contributed by atoms with Crippen LogP contribution in [0.2, 0.25) is 5.15 Å². The van der Waals surface area contributed by atoms with Crippen molar-refractivity contribution in [3.63, 3.8) is 0 Å². The molecule has 0 aliphatic heterocycles. The Bertz CT molecular complexity index is 696. The predicted octanol–water partition coefficient (Wildman–Crippen LogP) is 3.15. The first-order valence-electron chi connectivity index (χ1n) is 6.62. The molecule has 0 saturated carbocycles. The van der Waals surface area contributed by atoms with Crippen molar-refractivity contribution in [2.75, 3.05) is 11.9 Å². The minimum absolute atomic E-state index is 0.0441. The molecule has 0 atom stereocenters. The summed E-state index contributed by atoms with van der Waals surface area (Å²) in [6, 6.07) is 8.75. The summed E-state index contributed by atoms with van der Waals surface area (Å²) < 4.78 is 4.95. The number of ether oxygens (including phenoxy) is 1. The average Bonchev–Trinajstić information content (AvgIpc) is 2.49. The van der Waals surface area contributed by atoms with Crippen LogP contribution in [0.4, 0.5) is 5.69 Å². The smallest absolute Gasteiger partial charge is 0.341 e. The summed E-state index contributed by atoms with van der Waals surface area (Å²) in [7, 11) is 0. The van der Waals surface area contributed by atoms with Crippen molar-refractivity contribution in [3.05, 3.63) is 58.4 Å². The summed E-state index contributed by atoms with van der Waals surface area (Å²) in [6.45, 7) is 3.39. The normalized spacial score (nSPS) is 10.1. The zero-order valence-electron chi connectivity index (χ0n) is 12.2. The number of benzene rings is 1. The first-order chi connectivity index (χ1) is 10.5. The van der Waals surface area contributed by atoms with Crippen LogP contribution in [0.15, 0.2) is 36.5 Å². The molecular formula is C16H15ClN2O3. The summed E-state index contributed by atoms with van der Waals surface area (Å²) in [5.74, 6) is -1.10. The lowest BCUT2D eigenvalue weighted by Gasteiger charge is -2.11. The van der Waals surface area contributed by atoms with Crippen molar-refractivity contribution in [1.82, 2.24) is 4.98 Å². The minimum Gasteiger partial charge on any atom is -0.452 e. The van der Waals surface area contributed by atoms with Crippen molar-refractivity contribution < 1.29 is 14.3 Å². The Labute approximate surface area is 133 Å². The molecule has 1 amide bonds. The fourth-order valence-corrected chi connectivity index (χ4v) is 2.13. The SMILES string of the molecule is Cc1cccc(C)c1NC(=O)COC(=O)c1cccnc1Cl. The number of pyridine rings is 1. The van der Waals surface area contributed by atoms with Gasteiger partial charge in [0.1, 0.15) is 5.15 Å². The molecular weight excluding hydrogens is 304 g/mol. The Morgan fingerprint density at radius 2 is 1.86 bits per heavy atom. The van der Waals surface area contributed by atoms with Gasteiger partial charge in [0.05, 0.1) is 5.56 Å². The van der Waals surface area contributed by atoms with E-state index in [2.05, 4.69) is 10.3 Å². The maximum absolute atomic E-state index is 11.9. The number of halogens is 1. The molecule has 5 nitrogen and oxygen atoms in total. The first kappa shape index (κ1) is 16.0. The van der Waals surface area contributed by atoms with Crippen molar-refractivity contribution in [2.45, 2.75) is 13.8 Å². The number of nitrogens with one attached hydrogen (secondary N) is 1. The van der Waals surface area contributed by atoms with Gasteiger partial charge in [-0.3, -0.25) is 4.79 Å². The lowest BCUT2D eigenvalue weighted by molar-refractivity contribution is -0.119. The highest BCUT2D eigenvalue weighted by Gasteiger charge is 2.14. The molecule has 0 spiro atoms. The molecule has 0 saturated heterocycles. The Hall–Kier alpha value is -2.40. The summed E-state index contributed by atoms with van der Waals surface area (Å²) in [5, 5.41) is 2.78. The molecule has 22 heavy (non-hydrogen) atoms. The highest BCUT2D eigenvalue weighted by Crippen LogP contribution is 2.19. The third kappa shape index (κ3) is 3.83. The minimum atomic E-state index is -0.685. The van der Waals surface area contributed by atoms with Gasteiger partial charge < -0.3 is 10.1 Å². The van der Waals surface area contributed by atoms with Gasteiger partial charge in [-0.2, -0.15) is 0 Å². The lowest BCUT2D eigenvalue weighted by Crippen LogP contribution is -2.22. The first-order valence-corrected chi connectivity index (χ1v) is 7.00. The van der Waals surface area contributed by atoms with Gasteiger partial charge in [-0.25, -0.2) is 9.78 Å². The van der Waals surface area contributed by atoms with Gasteiger partial charge >= 0.3 is 5.97 Å². The van der Waals surface area contributed by atoms with E-state index >= 15 is 0 Å². The van der Waals surface area contributed by atoms with Gasteiger partial charge in [-0.05, 0) is 37.1 Å². The van der Waals surface area contributed by atoms with E-state index in [-0.39, 0.29) is 10.7 Å². The molecule has 2 aromatic rings. The van der Waals surface area contributed by atoms with Gasteiger partial charge in [0.25, 0.3) is 5.91 Å². The van der Waals surface area contributed by atoms with Crippen molar-refractivity contribution in [3.8, 4) is 0 Å². The van der Waals surface area contributed by atoms with Crippen LogP contribution < -0.4 is 5.32 Å². The number of carbonyl (C=O) groups excluding carboxylic acids is 2. The lowest BCUT2D eigenvalue weighted by atomic mass is 10.1. The van der Waals surface area contributed by atoms with Crippen LogP contribution >= 0.6 is 11.6 Å². The van der Waals surface area contributed by atoms with E-state index in [9.17, 15) is 9.59 Å². The molecule has 6 heteroatoms. The molecule has 0 radical (unpaired) electrons. The molecule has 1 N–H and O–H groups in total. The van der Waals surface area contributed by atoms with Gasteiger partial charge in [-0.15, -0.1) is 0 Å². The number of hydrogen-bond acceptors (Lipinski definition) is 4. The van der Waals surface area contributed by atoms with E-state index in [0.717, 1.165) is 16.8 Å². The van der Waals surface area contributed by atoms with Gasteiger partial charge in [0.15, 0.2) is 6.61 Å². The number of aryl methyl sites for hydroxylation is 2. The Balaban J connectivity index is 1.96. The summed E-state index contributed by atoms with van der Waals surface area (Å²) >= 11 is 5.79. The van der Waals surface area contributed by atoms with Crippen molar-refractivity contribution >= 4 is 29.2 Å². The molecule has 0 aliphatic carbocycles. The van der Waals surface area contributed by atoms with Crippen LogP contribution in [0.1, 0.15) is 21.5 Å². The third-order valence-corrected chi connectivity index (χ3v) is 3.36. The van der Waals surface area contributed by atoms with E-state index in [1.165, 1.54) is 12.3 Å². The second kappa shape index (κ2) is 7.04. The van der Waals surface area contributed by atoms with E-state index in [1.54, 1.807) is 6.07 Å². The Morgan fingerprint density at radius 3 is 2.50 bits per heavy atom. The highest BCUT2D eigenvalue weighted by molar-refractivity contribution is 6.32. The van der Waals surface area contributed by atoms with E-state index in [0.29, 0.717) is 0 Å². The van der Waals surface area contributed by atoms with Crippen molar-refractivity contribution in [2.24, 2.45) is 0 Å². The molecule has 1 aromatic heterocycles. The van der Waals surface area contributed by atoms with Gasteiger partial charge in [0, 0.05) is 11.9 Å². The average molecular weight is 319 g/mol. The van der Waals surface area contributed by atoms with Crippen LogP contribution in [0.25, 0.3) is 0 Å². The second-order valence-corrected chi connectivity index (χ2v) is 5.09. The largest absolute Gasteiger partial charge is 0.452 e. The number of esters is 1. The van der Waals surface area contributed by atoms with Crippen LogP contribution in [0.5, 0.6) is 0 Å². The van der Waals surface area contributed by atoms with E-state index in [1.807, 2.05) is 32.0 Å². The zero-order chi connectivity index (χ0) is 16.1. The number of amides is 1. The number of hydrogen-bond donors (Lipinski definition) is 1. The fourth-order valence-electron chi connectivity index (χ4n) is 1.93. The Kier molecular flexibility index (Phi) is 5.12. The third-order valence-electron chi connectivity index (χ3n) is 3.06. The predicted molar refractivity (Wildman–Crippen MR) is 84.1 cm³/mol. The molecule has 0 bridgehead atoms. The fraction of sp³-hybridized carbons (Fsp3) is 0.188. The summed E-state index contributed by atoms with van der Waals surface area (Å²) in [6.07, 6.45) is 1.47. The quantitative estimate of drug-likeness (QED) is 0.694. The number of rotatable bonds is 4. The van der Waals surface area contributed by atoms with Crippen LogP contribution in [0.3, 0.4) is 0 Å². The topological polar surface area (TPSA) is 68.3 Å². The van der Waals surface area contributed by atoms with Gasteiger partial charge in [-0.1, -0.05) is 29.8 Å². The van der Waals surface area contributed by atoms with Crippen LogP contribution in [-0.4, -0.2) is 23.5 Å². The second-order valence-electron chi connectivity index (χ2n) is 4.73. The molecule has 114 valence electrons. The maximum atomic E-state index is 11.9. The summed E-state index contributed by atoms with van der Waals surface area (Å²) in [5.41, 5.74) is 2.73. The highest BCUT2D eigenvalue weighted by atomic mass is 35.5. The molecule has 0 fully saturated rings. The monoisotopic (exact) mass is 318 g/mol. The van der Waals surface area contributed by atoms with Gasteiger partial charge in [0.2, 0.25) is 0 Å². The standard InChI is InChI=1S/C16H15ClN2O3/c1-10-5-3-6-11(2)14(10)19-13(20)9-22-16(21)12-7-4-8-18-15(12)17/h3-8H,9H2,1-2H3,(H,19,20). The molecule has 1 heterocycles. The number of nitrogens with zero attached hydrogens (tertiary/aromatic N) is 1. The summed E-state index contributed by atoms with van der Waals surface area (Å²) in [4.78, 5) is 27.5. The number of aromatic nitrogens is 1. The zero-order valence-corrected chi connectivity index (χ0v) is 13.0. The van der Waals surface area contributed by atoms with E-state index in [4.69, 9.17) is 16.3 Å². The molecule has 1 aromatic carbocycles. The van der Waals surface area contributed by atoms with Crippen LogP contribution in [-0.2, 0) is 9.53 Å². The molecule has 2 rings (SSSR count). The van der Waals surface area contributed by atoms with Crippen LogP contribution in [0, 0.1) is 13.8 Å². The number of carbonyl (C=O) groups is 2. The Morgan fingerprint density at radius 1 is 1.18 bits per heavy atom. The maximum Gasteiger partial charge on any atom is 0.341 e. The number of anilines is 1. The number of para-hydroxylation sites is 1. The molecule has 0 unspecified atom stereocenters. The van der Waals surface area contributed by atoms with Crippen molar-refractivity contribution in [1.29, 1.82) is 0 Å². The van der Waals surface area contributed by atoms with E-state index < -0.39 is 18.5 Å². The molecule has 0 aliphatic rings.